The van der Waals surface area contributed by atoms with E-state index in [9.17, 15) is 0 Å². The van der Waals surface area contributed by atoms with Crippen molar-refractivity contribution in [2.24, 2.45) is 0 Å². The van der Waals surface area contributed by atoms with Crippen LogP contribution in [0.4, 0.5) is 11.8 Å². The molecule has 0 saturated heterocycles. The first-order chi connectivity index (χ1) is 7.66. The van der Waals surface area contributed by atoms with Gasteiger partial charge in [0.25, 0.3) is 0 Å². The van der Waals surface area contributed by atoms with Gasteiger partial charge in [0.1, 0.15) is 11.6 Å². The Balaban J connectivity index is 2.17. The topological polar surface area (TPSA) is 77.0 Å². The second-order valence-electron chi connectivity index (χ2n) is 3.31. The van der Waals surface area contributed by atoms with Crippen LogP contribution in [0.5, 0.6) is 0 Å². The minimum Gasteiger partial charge on any atom is -0.467 e. The minimum atomic E-state index is 0.0144. The Morgan fingerprint density at radius 2 is 2.38 bits per heavy atom. The van der Waals surface area contributed by atoms with Gasteiger partial charge in [0, 0.05) is 6.20 Å². The second-order valence-corrected chi connectivity index (χ2v) is 4.16. The molecule has 6 heteroatoms. The molecule has 0 aliphatic rings. The summed E-state index contributed by atoms with van der Waals surface area (Å²) in [5, 5.41) is 3.18. The highest BCUT2D eigenvalue weighted by atomic mass is 79.9. The number of anilines is 2. The lowest BCUT2D eigenvalue weighted by molar-refractivity contribution is 0.490. The van der Waals surface area contributed by atoms with Gasteiger partial charge in [-0.3, -0.25) is 0 Å². The highest BCUT2D eigenvalue weighted by Crippen LogP contribution is 2.24. The lowest BCUT2D eigenvalue weighted by Crippen LogP contribution is -2.09. The maximum atomic E-state index is 5.52. The lowest BCUT2D eigenvalue weighted by Gasteiger charge is -2.13. The van der Waals surface area contributed by atoms with Crippen molar-refractivity contribution in [3.8, 4) is 0 Å². The SMILES string of the molecule is CC(Nc1nc(N)ncc1Br)c1ccco1. The van der Waals surface area contributed by atoms with Crippen LogP contribution in [-0.4, -0.2) is 9.97 Å². The molecule has 0 aliphatic heterocycles. The van der Waals surface area contributed by atoms with Gasteiger partial charge in [-0.2, -0.15) is 4.98 Å². The van der Waals surface area contributed by atoms with Crippen LogP contribution in [0, 0.1) is 0 Å². The Morgan fingerprint density at radius 1 is 1.56 bits per heavy atom. The largest absolute Gasteiger partial charge is 0.467 e. The number of aromatic nitrogens is 2. The maximum Gasteiger partial charge on any atom is 0.221 e. The van der Waals surface area contributed by atoms with Crippen molar-refractivity contribution in [3.05, 3.63) is 34.8 Å². The van der Waals surface area contributed by atoms with Crippen molar-refractivity contribution in [1.29, 1.82) is 0 Å². The van der Waals surface area contributed by atoms with Crippen LogP contribution in [0.3, 0.4) is 0 Å². The number of nitrogens with zero attached hydrogens (tertiary/aromatic N) is 2. The average molecular weight is 283 g/mol. The van der Waals surface area contributed by atoms with Gasteiger partial charge in [-0.25, -0.2) is 4.98 Å². The molecule has 0 saturated carbocycles. The summed E-state index contributed by atoms with van der Waals surface area (Å²) in [6.07, 6.45) is 3.25. The first-order valence-corrected chi connectivity index (χ1v) is 5.54. The molecule has 2 aromatic heterocycles. The molecule has 0 fully saturated rings. The van der Waals surface area contributed by atoms with Gasteiger partial charge >= 0.3 is 0 Å². The van der Waals surface area contributed by atoms with Gasteiger partial charge in [-0.05, 0) is 35.0 Å². The summed E-state index contributed by atoms with van der Waals surface area (Å²) in [5.74, 6) is 1.72. The molecular formula is C10H11BrN4O. The Hall–Kier alpha value is -1.56. The third kappa shape index (κ3) is 2.33. The summed E-state index contributed by atoms with van der Waals surface area (Å²) < 4.78 is 6.05. The zero-order valence-electron chi connectivity index (χ0n) is 8.64. The highest BCUT2D eigenvalue weighted by molar-refractivity contribution is 9.10. The zero-order valence-corrected chi connectivity index (χ0v) is 10.2. The van der Waals surface area contributed by atoms with Crippen LogP contribution in [0.15, 0.2) is 33.5 Å². The first-order valence-electron chi connectivity index (χ1n) is 4.75. The van der Waals surface area contributed by atoms with Crippen molar-refractivity contribution in [2.75, 3.05) is 11.1 Å². The van der Waals surface area contributed by atoms with Gasteiger partial charge in [0.05, 0.1) is 16.8 Å². The maximum absolute atomic E-state index is 5.52. The fourth-order valence-corrected chi connectivity index (χ4v) is 1.60. The van der Waals surface area contributed by atoms with Crippen molar-refractivity contribution >= 4 is 27.7 Å². The molecule has 0 spiro atoms. The molecule has 0 radical (unpaired) electrons. The summed E-state index contributed by atoms with van der Waals surface area (Å²) >= 11 is 3.35. The van der Waals surface area contributed by atoms with E-state index in [1.54, 1.807) is 12.5 Å². The Bertz CT molecular complexity index is 472. The molecule has 1 unspecified atom stereocenters. The van der Waals surface area contributed by atoms with Crippen LogP contribution in [0.1, 0.15) is 18.7 Å². The minimum absolute atomic E-state index is 0.0144. The smallest absolute Gasteiger partial charge is 0.221 e. The number of furan rings is 1. The molecule has 0 bridgehead atoms. The predicted molar refractivity (Wildman–Crippen MR) is 64.9 cm³/mol. The van der Waals surface area contributed by atoms with E-state index in [1.807, 2.05) is 19.1 Å². The summed E-state index contributed by atoms with van der Waals surface area (Å²) in [5.41, 5.74) is 5.52. The summed E-state index contributed by atoms with van der Waals surface area (Å²) in [6.45, 7) is 1.98. The number of hydrogen-bond donors (Lipinski definition) is 2. The Morgan fingerprint density at radius 3 is 3.06 bits per heavy atom. The molecular weight excluding hydrogens is 272 g/mol. The number of hydrogen-bond acceptors (Lipinski definition) is 5. The van der Waals surface area contributed by atoms with Gasteiger partial charge < -0.3 is 15.5 Å². The normalized spacial score (nSPS) is 12.4. The monoisotopic (exact) mass is 282 g/mol. The van der Waals surface area contributed by atoms with E-state index in [0.717, 1.165) is 10.2 Å². The van der Waals surface area contributed by atoms with E-state index < -0.39 is 0 Å². The van der Waals surface area contributed by atoms with Gasteiger partial charge in [0.15, 0.2) is 0 Å². The number of nitrogens with two attached hydrogens (primary N) is 1. The molecule has 3 N–H and O–H groups in total. The van der Waals surface area contributed by atoms with E-state index >= 15 is 0 Å². The van der Waals surface area contributed by atoms with E-state index in [4.69, 9.17) is 10.2 Å². The van der Waals surface area contributed by atoms with Gasteiger partial charge in [-0.1, -0.05) is 0 Å². The number of nitrogens with one attached hydrogen (secondary N) is 1. The molecule has 2 heterocycles. The first kappa shape index (κ1) is 10.9. The molecule has 0 aliphatic carbocycles. The number of rotatable bonds is 3. The average Bonchev–Trinajstić information content (AvgIpc) is 2.76. The van der Waals surface area contributed by atoms with Crippen LogP contribution in [0.25, 0.3) is 0 Å². The molecule has 84 valence electrons. The van der Waals surface area contributed by atoms with Crippen LogP contribution < -0.4 is 11.1 Å². The molecule has 0 amide bonds. The number of nitrogen functional groups attached to an aromatic ring is 1. The summed E-state index contributed by atoms with van der Waals surface area (Å²) in [7, 11) is 0. The van der Waals surface area contributed by atoms with E-state index in [2.05, 4.69) is 31.2 Å². The Kier molecular flexibility index (Phi) is 3.09. The molecule has 1 atom stereocenters. The van der Waals surface area contributed by atoms with Crippen LogP contribution >= 0.6 is 15.9 Å². The van der Waals surface area contributed by atoms with Crippen molar-refractivity contribution in [2.45, 2.75) is 13.0 Å². The molecule has 0 aromatic carbocycles. The molecule has 2 aromatic rings. The fraction of sp³-hybridized carbons (Fsp3) is 0.200. The quantitative estimate of drug-likeness (QED) is 0.905. The van der Waals surface area contributed by atoms with Gasteiger partial charge in [-0.15, -0.1) is 0 Å². The summed E-state index contributed by atoms with van der Waals surface area (Å²) in [6, 6.07) is 3.76. The predicted octanol–water partition coefficient (Wildman–Crippen LogP) is 2.59. The Labute approximate surface area is 101 Å². The highest BCUT2D eigenvalue weighted by Gasteiger charge is 2.11. The van der Waals surface area contributed by atoms with Gasteiger partial charge in [0.2, 0.25) is 5.95 Å². The third-order valence-corrected chi connectivity index (χ3v) is 2.67. The van der Waals surface area contributed by atoms with Crippen LogP contribution in [0.2, 0.25) is 0 Å². The molecule has 5 nitrogen and oxygen atoms in total. The summed E-state index contributed by atoms with van der Waals surface area (Å²) in [4.78, 5) is 7.96. The van der Waals surface area contributed by atoms with Crippen molar-refractivity contribution < 1.29 is 4.42 Å². The van der Waals surface area contributed by atoms with E-state index in [-0.39, 0.29) is 12.0 Å². The second kappa shape index (κ2) is 4.52. The van der Waals surface area contributed by atoms with E-state index in [1.165, 1.54) is 0 Å². The number of halogens is 1. The lowest BCUT2D eigenvalue weighted by atomic mass is 10.2. The van der Waals surface area contributed by atoms with Crippen molar-refractivity contribution in [1.82, 2.24) is 9.97 Å². The van der Waals surface area contributed by atoms with Crippen molar-refractivity contribution in [3.63, 3.8) is 0 Å². The molecule has 2 rings (SSSR count). The zero-order chi connectivity index (χ0) is 11.5. The van der Waals surface area contributed by atoms with E-state index in [0.29, 0.717) is 5.82 Å². The van der Waals surface area contributed by atoms with Crippen LogP contribution in [-0.2, 0) is 0 Å². The third-order valence-electron chi connectivity index (χ3n) is 2.09. The molecule has 16 heavy (non-hydrogen) atoms. The standard InChI is InChI=1S/C10H11BrN4O/c1-6(8-3-2-4-16-8)14-9-7(11)5-13-10(12)15-9/h2-6H,1H3,(H3,12,13,14,15). The fourth-order valence-electron chi connectivity index (χ4n) is 1.30.